The number of ether oxygens (including phenoxy) is 1. The van der Waals surface area contributed by atoms with Gasteiger partial charge in [0.2, 0.25) is 0 Å². The molecular formula is C8H10N4O4. The van der Waals surface area contributed by atoms with Gasteiger partial charge in [0.15, 0.2) is 5.78 Å². The first kappa shape index (κ1) is 11.8. The van der Waals surface area contributed by atoms with E-state index in [0.717, 1.165) is 21.6 Å². The largest absolute Gasteiger partial charge is 0.466 e. The molecule has 1 heterocycles. The van der Waals surface area contributed by atoms with Crippen molar-refractivity contribution in [2.45, 2.75) is 13.5 Å². The van der Waals surface area contributed by atoms with Crippen molar-refractivity contribution in [1.82, 2.24) is 19.8 Å². The van der Waals surface area contributed by atoms with Crippen LogP contribution in [0.3, 0.4) is 0 Å². The van der Waals surface area contributed by atoms with Crippen LogP contribution in [0.2, 0.25) is 0 Å². The van der Waals surface area contributed by atoms with Crippen molar-refractivity contribution in [2.75, 3.05) is 7.11 Å². The van der Waals surface area contributed by atoms with Crippen LogP contribution < -0.4 is 5.69 Å². The average molecular weight is 226 g/mol. The number of nitrogens with zero attached hydrogens (tertiary/aromatic N) is 4. The molecule has 16 heavy (non-hydrogen) atoms. The summed E-state index contributed by atoms with van der Waals surface area (Å²) in [6, 6.07) is 0. The Hall–Kier alpha value is -2.25. The second-order valence-corrected chi connectivity index (χ2v) is 2.90. The Morgan fingerprint density at radius 3 is 2.69 bits per heavy atom. The fourth-order valence-corrected chi connectivity index (χ4v) is 0.889. The number of hydrogen-bond donors (Lipinski definition) is 0. The normalized spacial score (nSPS) is 10.6. The second kappa shape index (κ2) is 5.01. The van der Waals surface area contributed by atoms with Crippen molar-refractivity contribution < 1.29 is 14.3 Å². The van der Waals surface area contributed by atoms with Gasteiger partial charge in [-0.25, -0.2) is 9.59 Å². The van der Waals surface area contributed by atoms with Crippen LogP contribution in [0.1, 0.15) is 6.92 Å². The minimum Gasteiger partial charge on any atom is -0.466 e. The molecular weight excluding hydrogens is 216 g/mol. The second-order valence-electron chi connectivity index (χ2n) is 2.90. The summed E-state index contributed by atoms with van der Waals surface area (Å²) < 4.78 is 6.06. The summed E-state index contributed by atoms with van der Waals surface area (Å²) in [6.07, 6.45) is 2.13. The number of Topliss-reactive ketones (excluding diaryl/α,β-unsaturated/α-hetero) is 1. The number of rotatable bonds is 4. The molecule has 0 fully saturated rings. The van der Waals surface area contributed by atoms with E-state index >= 15 is 0 Å². The van der Waals surface area contributed by atoms with E-state index in [1.807, 2.05) is 0 Å². The molecule has 0 radical (unpaired) electrons. The minimum atomic E-state index is -0.618. The summed E-state index contributed by atoms with van der Waals surface area (Å²) in [5.74, 6) is -0.834. The van der Waals surface area contributed by atoms with Gasteiger partial charge in [-0.2, -0.15) is 9.36 Å². The molecule has 0 amide bonds. The number of tetrazole rings is 1. The van der Waals surface area contributed by atoms with Gasteiger partial charge in [-0.15, -0.1) is 0 Å². The molecule has 0 unspecified atom stereocenters. The molecule has 0 saturated carbocycles. The summed E-state index contributed by atoms with van der Waals surface area (Å²) in [7, 11) is 1.21. The first-order valence-corrected chi connectivity index (χ1v) is 4.32. The van der Waals surface area contributed by atoms with Gasteiger partial charge in [0.25, 0.3) is 0 Å². The highest BCUT2D eigenvalue weighted by atomic mass is 16.5. The van der Waals surface area contributed by atoms with Crippen LogP contribution in [-0.4, -0.2) is 38.7 Å². The Morgan fingerprint density at radius 1 is 1.44 bits per heavy atom. The van der Waals surface area contributed by atoms with Crippen molar-refractivity contribution in [3.8, 4) is 0 Å². The maximum atomic E-state index is 11.5. The SMILES string of the molecule is COC(=O)/C=C\n1nnn(CC(C)=O)c1=O. The first-order chi connectivity index (χ1) is 7.54. The molecule has 0 spiro atoms. The average Bonchev–Trinajstić information content (AvgIpc) is 2.56. The Morgan fingerprint density at radius 2 is 2.12 bits per heavy atom. The molecule has 0 saturated heterocycles. The van der Waals surface area contributed by atoms with Crippen molar-refractivity contribution in [3.63, 3.8) is 0 Å². The number of carbonyl (C=O) groups excluding carboxylic acids is 2. The fraction of sp³-hybridized carbons (Fsp3) is 0.375. The van der Waals surface area contributed by atoms with Crippen LogP contribution in [0.4, 0.5) is 0 Å². The van der Waals surface area contributed by atoms with Gasteiger partial charge >= 0.3 is 11.7 Å². The van der Waals surface area contributed by atoms with Gasteiger partial charge in [0.05, 0.1) is 7.11 Å². The molecule has 0 aliphatic rings. The lowest BCUT2D eigenvalue weighted by Gasteiger charge is -1.91. The number of aromatic nitrogens is 4. The maximum absolute atomic E-state index is 11.5. The molecule has 1 aromatic rings. The molecule has 1 aromatic heterocycles. The zero-order chi connectivity index (χ0) is 12.1. The Kier molecular flexibility index (Phi) is 3.70. The molecule has 8 nitrogen and oxygen atoms in total. The number of methoxy groups -OCH3 is 1. The predicted octanol–water partition coefficient (Wildman–Crippen LogP) is -1.33. The van der Waals surface area contributed by atoms with Crippen LogP contribution in [0, 0.1) is 0 Å². The highest BCUT2D eigenvalue weighted by Crippen LogP contribution is 1.82. The van der Waals surface area contributed by atoms with Gasteiger partial charge < -0.3 is 4.74 Å². The quantitative estimate of drug-likeness (QED) is 0.466. The summed E-state index contributed by atoms with van der Waals surface area (Å²) in [5, 5.41) is 6.90. The van der Waals surface area contributed by atoms with E-state index in [4.69, 9.17) is 0 Å². The monoisotopic (exact) mass is 226 g/mol. The van der Waals surface area contributed by atoms with E-state index in [1.165, 1.54) is 14.0 Å². The highest BCUT2D eigenvalue weighted by Gasteiger charge is 2.06. The van der Waals surface area contributed by atoms with Gasteiger partial charge in [-0.3, -0.25) is 4.79 Å². The lowest BCUT2D eigenvalue weighted by molar-refractivity contribution is -0.134. The standard InChI is InChI=1S/C8H10N4O4/c1-6(13)5-12-8(15)11(9-10-12)4-3-7(14)16-2/h3-4H,5H2,1-2H3/b4-3-. The summed E-state index contributed by atoms with van der Waals surface area (Å²) in [5.41, 5.74) is -0.602. The first-order valence-electron chi connectivity index (χ1n) is 4.32. The summed E-state index contributed by atoms with van der Waals surface area (Å²) in [6.45, 7) is 1.18. The Bertz CT molecular complexity index is 484. The van der Waals surface area contributed by atoms with Crippen LogP contribution in [-0.2, 0) is 20.9 Å². The van der Waals surface area contributed by atoms with Crippen molar-refractivity contribution in [2.24, 2.45) is 0 Å². The van der Waals surface area contributed by atoms with Crippen LogP contribution >= 0.6 is 0 Å². The van der Waals surface area contributed by atoms with Gasteiger partial charge in [-0.1, -0.05) is 0 Å². The van der Waals surface area contributed by atoms with E-state index < -0.39 is 11.7 Å². The minimum absolute atomic E-state index is 0.148. The highest BCUT2D eigenvalue weighted by molar-refractivity contribution is 5.84. The zero-order valence-corrected chi connectivity index (χ0v) is 8.78. The summed E-state index contributed by atoms with van der Waals surface area (Å²) in [4.78, 5) is 33.0. The third-order valence-electron chi connectivity index (χ3n) is 1.59. The van der Waals surface area contributed by atoms with E-state index in [1.54, 1.807) is 0 Å². The van der Waals surface area contributed by atoms with Crippen molar-refractivity contribution in [3.05, 3.63) is 16.6 Å². The molecule has 0 aromatic carbocycles. The van der Waals surface area contributed by atoms with E-state index in [-0.39, 0.29) is 12.3 Å². The van der Waals surface area contributed by atoms with E-state index in [9.17, 15) is 14.4 Å². The number of esters is 1. The van der Waals surface area contributed by atoms with Crippen LogP contribution in [0.5, 0.6) is 0 Å². The number of hydrogen-bond acceptors (Lipinski definition) is 6. The van der Waals surface area contributed by atoms with E-state index in [2.05, 4.69) is 15.2 Å². The predicted molar refractivity (Wildman–Crippen MR) is 52.3 cm³/mol. The van der Waals surface area contributed by atoms with Gasteiger partial charge in [-0.05, 0) is 17.4 Å². The zero-order valence-electron chi connectivity index (χ0n) is 8.78. The smallest absolute Gasteiger partial charge is 0.368 e. The molecule has 86 valence electrons. The molecule has 0 aliphatic heterocycles. The third kappa shape index (κ3) is 2.87. The van der Waals surface area contributed by atoms with Crippen molar-refractivity contribution in [1.29, 1.82) is 0 Å². The Balaban J connectivity index is 2.88. The summed E-state index contributed by atoms with van der Waals surface area (Å²) >= 11 is 0. The van der Waals surface area contributed by atoms with Crippen LogP contribution in [0.15, 0.2) is 10.9 Å². The molecule has 0 aliphatic carbocycles. The lowest BCUT2D eigenvalue weighted by Crippen LogP contribution is -2.25. The Labute approximate surface area is 90.1 Å². The molecule has 8 heteroatoms. The molecule has 0 bridgehead atoms. The topological polar surface area (TPSA) is 96.1 Å². The van der Waals surface area contributed by atoms with Gasteiger partial charge in [0, 0.05) is 12.3 Å². The van der Waals surface area contributed by atoms with Crippen LogP contribution in [0.25, 0.3) is 6.20 Å². The molecule has 1 rings (SSSR count). The van der Waals surface area contributed by atoms with Crippen molar-refractivity contribution >= 4 is 18.0 Å². The lowest BCUT2D eigenvalue weighted by atomic mass is 10.5. The van der Waals surface area contributed by atoms with Gasteiger partial charge in [0.1, 0.15) is 6.54 Å². The third-order valence-corrected chi connectivity index (χ3v) is 1.59. The molecule has 0 N–H and O–H groups in total. The fourth-order valence-electron chi connectivity index (χ4n) is 0.889. The number of carbonyl (C=O) groups is 2. The molecule has 0 atom stereocenters. The maximum Gasteiger partial charge on any atom is 0.368 e. The van der Waals surface area contributed by atoms with E-state index in [0.29, 0.717) is 0 Å². The number of ketones is 1.